The van der Waals surface area contributed by atoms with Gasteiger partial charge in [0.2, 0.25) is 10.0 Å². The highest BCUT2D eigenvalue weighted by Gasteiger charge is 2.28. The highest BCUT2D eigenvalue weighted by molar-refractivity contribution is 7.89. The van der Waals surface area contributed by atoms with Crippen LogP contribution in [0.1, 0.15) is 34.3 Å². The van der Waals surface area contributed by atoms with E-state index in [0.717, 1.165) is 12.1 Å². The summed E-state index contributed by atoms with van der Waals surface area (Å²) < 4.78 is 27.2. The molecular formula is C27H31N3O3S. The lowest BCUT2D eigenvalue weighted by Crippen LogP contribution is -2.48. The molecular weight excluding hydrogens is 446 g/mol. The molecule has 4 rings (SSSR count). The standard InChI is InChI=1S/C27H31N3O3S/c1-22(24-8-4-2-5-9-24)20-28-27(31)25-14-12-23(13-15-25)21-29-16-18-30(19-17-29)34(32,33)26-10-6-3-7-11-26/h2-15,22H,16-21H2,1H3,(H,28,31)/t22-/m1/s1. The number of hydrogen-bond acceptors (Lipinski definition) is 4. The molecule has 1 atom stereocenters. The first-order chi connectivity index (χ1) is 16.4. The van der Waals surface area contributed by atoms with Gasteiger partial charge in [-0.25, -0.2) is 8.42 Å². The van der Waals surface area contributed by atoms with E-state index < -0.39 is 10.0 Å². The predicted molar refractivity (Wildman–Crippen MR) is 134 cm³/mol. The topological polar surface area (TPSA) is 69.7 Å². The number of nitrogens with one attached hydrogen (secondary N) is 1. The van der Waals surface area contributed by atoms with Crippen molar-refractivity contribution in [3.05, 3.63) is 102 Å². The molecule has 1 fully saturated rings. The van der Waals surface area contributed by atoms with Gasteiger partial charge in [-0.1, -0.05) is 67.6 Å². The van der Waals surface area contributed by atoms with Gasteiger partial charge in [-0.05, 0) is 41.3 Å². The Balaban J connectivity index is 1.26. The molecule has 0 unspecified atom stereocenters. The Morgan fingerprint density at radius 2 is 1.44 bits per heavy atom. The summed E-state index contributed by atoms with van der Waals surface area (Å²) in [6.07, 6.45) is 0. The summed E-state index contributed by atoms with van der Waals surface area (Å²) in [4.78, 5) is 15.1. The number of carbonyl (C=O) groups is 1. The molecule has 1 N–H and O–H groups in total. The molecule has 178 valence electrons. The summed E-state index contributed by atoms with van der Waals surface area (Å²) in [7, 11) is -3.44. The lowest BCUT2D eigenvalue weighted by atomic mass is 10.0. The van der Waals surface area contributed by atoms with Crippen LogP contribution in [0.15, 0.2) is 89.8 Å². The van der Waals surface area contributed by atoms with Gasteiger partial charge in [0, 0.05) is 44.8 Å². The van der Waals surface area contributed by atoms with Crippen LogP contribution in [0.4, 0.5) is 0 Å². The molecule has 1 heterocycles. The van der Waals surface area contributed by atoms with Crippen molar-refractivity contribution >= 4 is 15.9 Å². The van der Waals surface area contributed by atoms with E-state index in [1.54, 1.807) is 28.6 Å². The smallest absolute Gasteiger partial charge is 0.251 e. The minimum atomic E-state index is -3.44. The van der Waals surface area contributed by atoms with Gasteiger partial charge >= 0.3 is 0 Å². The molecule has 3 aromatic rings. The molecule has 1 amide bonds. The third-order valence-electron chi connectivity index (χ3n) is 6.27. The Morgan fingerprint density at radius 3 is 2.06 bits per heavy atom. The van der Waals surface area contributed by atoms with E-state index in [2.05, 4.69) is 29.3 Å². The number of carbonyl (C=O) groups excluding carboxylic acids is 1. The van der Waals surface area contributed by atoms with Crippen LogP contribution in [0.25, 0.3) is 0 Å². The summed E-state index contributed by atoms with van der Waals surface area (Å²) in [5.74, 6) is 0.169. The molecule has 0 aromatic heterocycles. The van der Waals surface area contributed by atoms with Gasteiger partial charge in [-0.15, -0.1) is 0 Å². The molecule has 0 bridgehead atoms. The third kappa shape index (κ3) is 5.91. The molecule has 3 aromatic carbocycles. The van der Waals surface area contributed by atoms with Crippen LogP contribution >= 0.6 is 0 Å². The van der Waals surface area contributed by atoms with Crippen LogP contribution < -0.4 is 5.32 Å². The summed E-state index contributed by atoms with van der Waals surface area (Å²) in [6, 6.07) is 26.4. The average molecular weight is 478 g/mol. The highest BCUT2D eigenvalue weighted by Crippen LogP contribution is 2.18. The van der Waals surface area contributed by atoms with Crippen molar-refractivity contribution in [1.29, 1.82) is 0 Å². The number of amides is 1. The minimum absolute atomic E-state index is 0.0749. The van der Waals surface area contributed by atoms with Gasteiger partial charge in [0.25, 0.3) is 5.91 Å². The van der Waals surface area contributed by atoms with Crippen molar-refractivity contribution in [2.75, 3.05) is 32.7 Å². The van der Waals surface area contributed by atoms with E-state index in [9.17, 15) is 13.2 Å². The number of piperazine rings is 1. The monoisotopic (exact) mass is 477 g/mol. The predicted octanol–water partition coefficient (Wildman–Crippen LogP) is 3.73. The molecule has 6 nitrogen and oxygen atoms in total. The van der Waals surface area contributed by atoms with Gasteiger partial charge in [-0.3, -0.25) is 9.69 Å². The zero-order chi connectivity index (χ0) is 24.0. The van der Waals surface area contributed by atoms with Crippen LogP contribution in [0.5, 0.6) is 0 Å². The fourth-order valence-electron chi connectivity index (χ4n) is 4.14. The largest absolute Gasteiger partial charge is 0.351 e. The lowest BCUT2D eigenvalue weighted by molar-refractivity contribution is 0.0951. The van der Waals surface area contributed by atoms with Gasteiger partial charge in [0.05, 0.1) is 4.90 Å². The van der Waals surface area contributed by atoms with Gasteiger partial charge in [0.1, 0.15) is 0 Å². The zero-order valence-electron chi connectivity index (χ0n) is 19.4. The van der Waals surface area contributed by atoms with Crippen LogP contribution in [-0.4, -0.2) is 56.3 Å². The van der Waals surface area contributed by atoms with Gasteiger partial charge in [-0.2, -0.15) is 4.31 Å². The Labute approximate surface area is 202 Å². The molecule has 1 aliphatic rings. The van der Waals surface area contributed by atoms with Crippen molar-refractivity contribution in [3.63, 3.8) is 0 Å². The summed E-state index contributed by atoms with van der Waals surface area (Å²) in [5, 5.41) is 3.02. The van der Waals surface area contributed by atoms with Gasteiger partial charge in [0.15, 0.2) is 0 Å². The summed E-state index contributed by atoms with van der Waals surface area (Å²) >= 11 is 0. The molecule has 0 radical (unpaired) electrons. The molecule has 7 heteroatoms. The van der Waals surface area contributed by atoms with E-state index in [1.807, 2.05) is 48.5 Å². The fraction of sp³-hybridized carbons (Fsp3) is 0.296. The summed E-state index contributed by atoms with van der Waals surface area (Å²) in [5.41, 5.74) is 2.95. The van der Waals surface area contributed by atoms with Crippen molar-refractivity contribution in [3.8, 4) is 0 Å². The van der Waals surface area contributed by atoms with Crippen LogP contribution in [0.3, 0.4) is 0 Å². The second-order valence-corrected chi connectivity index (χ2v) is 10.6. The first-order valence-electron chi connectivity index (χ1n) is 11.6. The maximum Gasteiger partial charge on any atom is 0.251 e. The van der Waals surface area contributed by atoms with E-state index in [0.29, 0.717) is 43.2 Å². The Bertz CT molecular complexity index is 1170. The Hall–Kier alpha value is -3.00. The molecule has 0 saturated carbocycles. The molecule has 0 spiro atoms. The van der Waals surface area contributed by atoms with E-state index in [4.69, 9.17) is 0 Å². The van der Waals surface area contributed by atoms with E-state index in [-0.39, 0.29) is 11.8 Å². The first kappa shape index (κ1) is 24.1. The summed E-state index contributed by atoms with van der Waals surface area (Å²) in [6.45, 7) is 5.70. The second-order valence-electron chi connectivity index (χ2n) is 8.71. The first-order valence-corrected chi connectivity index (χ1v) is 13.1. The maximum absolute atomic E-state index is 12.8. The maximum atomic E-state index is 12.8. The minimum Gasteiger partial charge on any atom is -0.351 e. The normalized spacial score (nSPS) is 16.1. The number of rotatable bonds is 8. The van der Waals surface area contributed by atoms with Crippen molar-refractivity contribution < 1.29 is 13.2 Å². The average Bonchev–Trinajstić information content (AvgIpc) is 2.89. The fourth-order valence-corrected chi connectivity index (χ4v) is 5.58. The highest BCUT2D eigenvalue weighted by atomic mass is 32.2. The van der Waals surface area contributed by atoms with Crippen molar-refractivity contribution in [1.82, 2.24) is 14.5 Å². The molecule has 0 aliphatic carbocycles. The zero-order valence-corrected chi connectivity index (χ0v) is 20.2. The molecule has 1 aliphatic heterocycles. The number of nitrogens with zero attached hydrogens (tertiary/aromatic N) is 2. The van der Waals surface area contributed by atoms with Crippen molar-refractivity contribution in [2.24, 2.45) is 0 Å². The van der Waals surface area contributed by atoms with Crippen LogP contribution in [0, 0.1) is 0 Å². The SMILES string of the molecule is C[C@H](CNC(=O)c1ccc(CN2CCN(S(=O)(=O)c3ccccc3)CC2)cc1)c1ccccc1. The Kier molecular flexibility index (Phi) is 7.77. The lowest BCUT2D eigenvalue weighted by Gasteiger charge is -2.34. The van der Waals surface area contributed by atoms with Crippen molar-refractivity contribution in [2.45, 2.75) is 24.3 Å². The molecule has 34 heavy (non-hydrogen) atoms. The quantitative estimate of drug-likeness (QED) is 0.537. The number of benzene rings is 3. The third-order valence-corrected chi connectivity index (χ3v) is 8.18. The van der Waals surface area contributed by atoms with E-state index >= 15 is 0 Å². The van der Waals surface area contributed by atoms with Crippen LogP contribution in [0.2, 0.25) is 0 Å². The molecule has 1 saturated heterocycles. The Morgan fingerprint density at radius 1 is 0.853 bits per heavy atom. The second kappa shape index (κ2) is 11.0. The van der Waals surface area contributed by atoms with E-state index in [1.165, 1.54) is 5.56 Å². The van der Waals surface area contributed by atoms with Crippen LogP contribution in [-0.2, 0) is 16.6 Å². The number of hydrogen-bond donors (Lipinski definition) is 1. The van der Waals surface area contributed by atoms with Gasteiger partial charge < -0.3 is 5.32 Å². The number of sulfonamides is 1.